The fourth-order valence-electron chi connectivity index (χ4n) is 2.96. The zero-order valence-electron chi connectivity index (χ0n) is 15.1. The van der Waals surface area contributed by atoms with Crippen molar-refractivity contribution in [1.82, 2.24) is 3.97 Å². The van der Waals surface area contributed by atoms with Gasteiger partial charge in [-0.05, 0) is 25.1 Å². The van der Waals surface area contributed by atoms with Gasteiger partial charge in [-0.1, -0.05) is 36.4 Å². The van der Waals surface area contributed by atoms with Crippen LogP contribution in [0.3, 0.4) is 0 Å². The smallest absolute Gasteiger partial charge is 0.432 e. The zero-order chi connectivity index (χ0) is 21.4. The summed E-state index contributed by atoms with van der Waals surface area (Å²) in [5.74, 6) is -1.94. The molecule has 0 spiro atoms. The van der Waals surface area contributed by atoms with Crippen molar-refractivity contribution in [3.05, 3.63) is 66.4 Å². The molecule has 0 saturated heterocycles. The molecule has 29 heavy (non-hydrogen) atoms. The van der Waals surface area contributed by atoms with Crippen LogP contribution in [-0.4, -0.2) is 36.2 Å². The van der Waals surface area contributed by atoms with Crippen LogP contribution in [0.4, 0.5) is 13.2 Å². The Bertz CT molecular complexity index is 1160. The summed E-state index contributed by atoms with van der Waals surface area (Å²) in [4.78, 5) is 12.0. The first-order valence-corrected chi connectivity index (χ1v) is 9.86. The normalized spacial score (nSPS) is 14.5. The lowest BCUT2D eigenvalue weighted by Crippen LogP contribution is -2.50. The molecule has 2 aromatic carbocycles. The van der Waals surface area contributed by atoms with Crippen LogP contribution < -0.4 is 0 Å². The van der Waals surface area contributed by atoms with Gasteiger partial charge in [0.15, 0.2) is 0 Å². The van der Waals surface area contributed by atoms with Crippen molar-refractivity contribution in [3.8, 4) is 0 Å². The third-order valence-electron chi connectivity index (χ3n) is 4.35. The predicted octanol–water partition coefficient (Wildman–Crippen LogP) is 3.19. The molecule has 0 saturated carbocycles. The monoisotopic (exact) mass is 427 g/mol. The fraction of sp³-hybridized carbons (Fsp3) is 0.211. The van der Waals surface area contributed by atoms with E-state index in [0.29, 0.717) is 10.2 Å². The average Bonchev–Trinajstić information content (AvgIpc) is 3.08. The van der Waals surface area contributed by atoms with Gasteiger partial charge < -0.3 is 9.84 Å². The number of halogens is 3. The number of esters is 1. The van der Waals surface area contributed by atoms with E-state index in [9.17, 15) is 31.5 Å². The molecule has 1 aromatic heterocycles. The summed E-state index contributed by atoms with van der Waals surface area (Å²) in [5.41, 5.74) is -5.10. The van der Waals surface area contributed by atoms with E-state index in [4.69, 9.17) is 0 Å². The Labute approximate surface area is 164 Å². The van der Waals surface area contributed by atoms with Crippen LogP contribution in [0.25, 0.3) is 10.9 Å². The van der Waals surface area contributed by atoms with Crippen molar-refractivity contribution < 1.29 is 36.2 Å². The zero-order valence-corrected chi connectivity index (χ0v) is 15.9. The summed E-state index contributed by atoms with van der Waals surface area (Å²) >= 11 is 0. The summed E-state index contributed by atoms with van der Waals surface area (Å²) in [6.07, 6.45) is -4.85. The van der Waals surface area contributed by atoms with Crippen LogP contribution >= 0.6 is 0 Å². The Balaban J connectivity index is 2.36. The van der Waals surface area contributed by atoms with Crippen LogP contribution in [0.15, 0.2) is 65.7 Å². The predicted molar refractivity (Wildman–Crippen MR) is 97.5 cm³/mol. The summed E-state index contributed by atoms with van der Waals surface area (Å²) in [6, 6.07) is 12.3. The molecule has 1 atom stereocenters. The molecule has 1 unspecified atom stereocenters. The number of ether oxygens (including phenoxy) is 1. The Morgan fingerprint density at radius 2 is 1.66 bits per heavy atom. The van der Waals surface area contributed by atoms with Crippen LogP contribution in [0.1, 0.15) is 12.5 Å². The summed E-state index contributed by atoms with van der Waals surface area (Å²) in [7, 11) is -4.30. The summed E-state index contributed by atoms with van der Waals surface area (Å²) in [6.45, 7) is 0.885. The molecule has 0 aliphatic heterocycles. The van der Waals surface area contributed by atoms with Gasteiger partial charge in [-0.15, -0.1) is 0 Å². The number of hydrogen-bond donors (Lipinski definition) is 1. The Hall–Kier alpha value is -2.85. The first-order valence-electron chi connectivity index (χ1n) is 8.42. The van der Waals surface area contributed by atoms with E-state index in [-0.39, 0.29) is 15.8 Å². The van der Waals surface area contributed by atoms with E-state index in [1.807, 2.05) is 0 Å². The molecule has 0 fully saturated rings. The molecule has 154 valence electrons. The molecule has 3 aromatic rings. The number of benzene rings is 2. The largest absolute Gasteiger partial charge is 0.463 e. The number of carbonyl (C=O) groups is 1. The second-order valence-corrected chi connectivity index (χ2v) is 7.92. The molecule has 0 amide bonds. The third kappa shape index (κ3) is 3.28. The van der Waals surface area contributed by atoms with Crippen LogP contribution in [0.2, 0.25) is 0 Å². The molecule has 0 aliphatic rings. The minimum absolute atomic E-state index is 0.127. The lowest BCUT2D eigenvalue weighted by molar-refractivity contribution is -0.267. The van der Waals surface area contributed by atoms with E-state index in [2.05, 4.69) is 4.74 Å². The van der Waals surface area contributed by atoms with Gasteiger partial charge in [-0.2, -0.15) is 13.2 Å². The first kappa shape index (κ1) is 20.9. The standard InChI is InChI=1S/C19H16F3NO5S/c1-2-28-17(24)18(25,19(20,21)22)15-12-23(16-11-7-6-10-14(15)16)29(26,27)13-8-4-3-5-9-13/h3-12,25H,2H2,1H3. The highest BCUT2D eigenvalue weighted by molar-refractivity contribution is 7.90. The highest BCUT2D eigenvalue weighted by Crippen LogP contribution is 2.44. The Morgan fingerprint density at radius 1 is 1.07 bits per heavy atom. The first-order chi connectivity index (χ1) is 13.5. The van der Waals surface area contributed by atoms with Crippen molar-refractivity contribution in [3.63, 3.8) is 0 Å². The number of hydrogen-bond acceptors (Lipinski definition) is 5. The average molecular weight is 427 g/mol. The van der Waals surface area contributed by atoms with Crippen molar-refractivity contribution in [2.24, 2.45) is 0 Å². The molecular formula is C19H16F3NO5S. The van der Waals surface area contributed by atoms with Gasteiger partial charge in [0.05, 0.1) is 17.0 Å². The molecule has 0 radical (unpaired) electrons. The molecule has 10 heteroatoms. The van der Waals surface area contributed by atoms with Gasteiger partial charge in [-0.3, -0.25) is 0 Å². The van der Waals surface area contributed by atoms with Gasteiger partial charge >= 0.3 is 12.1 Å². The van der Waals surface area contributed by atoms with Crippen molar-refractivity contribution in [1.29, 1.82) is 0 Å². The van der Waals surface area contributed by atoms with E-state index in [0.717, 1.165) is 0 Å². The van der Waals surface area contributed by atoms with Crippen LogP contribution in [0, 0.1) is 0 Å². The number of fused-ring (bicyclic) bond motifs is 1. The summed E-state index contributed by atoms with van der Waals surface area (Å²) < 4.78 is 72.5. The molecule has 1 heterocycles. The van der Waals surface area contributed by atoms with E-state index in [1.54, 1.807) is 6.07 Å². The second-order valence-electron chi connectivity index (χ2n) is 6.10. The van der Waals surface area contributed by atoms with E-state index < -0.39 is 39.9 Å². The van der Waals surface area contributed by atoms with Crippen LogP contribution in [-0.2, 0) is 25.2 Å². The lowest BCUT2D eigenvalue weighted by Gasteiger charge is -2.27. The number of aromatic nitrogens is 1. The van der Waals surface area contributed by atoms with Gasteiger partial charge in [-0.25, -0.2) is 17.2 Å². The maximum Gasteiger partial charge on any atom is 0.432 e. The Kier molecular flexibility index (Phi) is 5.18. The van der Waals surface area contributed by atoms with E-state index in [1.165, 1.54) is 55.5 Å². The second kappa shape index (κ2) is 7.20. The maximum absolute atomic E-state index is 13.8. The van der Waals surface area contributed by atoms with Crippen molar-refractivity contribution >= 4 is 26.9 Å². The number of para-hydroxylation sites is 1. The molecular weight excluding hydrogens is 411 g/mol. The highest BCUT2D eigenvalue weighted by atomic mass is 32.2. The number of alkyl halides is 3. The minimum Gasteiger partial charge on any atom is -0.463 e. The molecule has 3 rings (SSSR count). The molecule has 6 nitrogen and oxygen atoms in total. The van der Waals surface area contributed by atoms with Gasteiger partial charge in [0.1, 0.15) is 0 Å². The molecule has 0 aliphatic carbocycles. The number of rotatable bonds is 5. The topological polar surface area (TPSA) is 85.6 Å². The minimum atomic E-state index is -5.45. The fourth-order valence-corrected chi connectivity index (χ4v) is 4.35. The molecule has 1 N–H and O–H groups in total. The van der Waals surface area contributed by atoms with Gasteiger partial charge in [0.2, 0.25) is 0 Å². The number of carbonyl (C=O) groups excluding carboxylic acids is 1. The Morgan fingerprint density at radius 3 is 2.24 bits per heavy atom. The van der Waals surface area contributed by atoms with Crippen molar-refractivity contribution in [2.45, 2.75) is 23.6 Å². The highest BCUT2D eigenvalue weighted by Gasteiger charge is 2.63. The van der Waals surface area contributed by atoms with Crippen LogP contribution in [0.5, 0.6) is 0 Å². The quantitative estimate of drug-likeness (QED) is 0.632. The maximum atomic E-state index is 13.8. The summed E-state index contributed by atoms with van der Waals surface area (Å²) in [5, 5.41) is 10.2. The SMILES string of the molecule is CCOC(=O)C(O)(c1cn(S(=O)(=O)c2ccccc2)c2ccccc12)C(F)(F)F. The van der Waals surface area contributed by atoms with E-state index >= 15 is 0 Å². The number of nitrogens with zero attached hydrogens (tertiary/aromatic N) is 1. The van der Waals surface area contributed by atoms with Gasteiger partial charge in [0.25, 0.3) is 15.6 Å². The molecule has 0 bridgehead atoms. The van der Waals surface area contributed by atoms with Gasteiger partial charge in [0, 0.05) is 17.1 Å². The lowest BCUT2D eigenvalue weighted by atomic mass is 9.92. The third-order valence-corrected chi connectivity index (χ3v) is 6.04. The number of aliphatic hydroxyl groups is 1. The van der Waals surface area contributed by atoms with Crippen molar-refractivity contribution in [2.75, 3.05) is 6.61 Å².